The zero-order valence-corrected chi connectivity index (χ0v) is 19.1. The summed E-state index contributed by atoms with van der Waals surface area (Å²) in [6, 6.07) is 18.9. The number of aromatic nitrogens is 2. The van der Waals surface area contributed by atoms with Crippen LogP contribution in [0, 0.1) is 0 Å². The Hall–Kier alpha value is -3.65. The van der Waals surface area contributed by atoms with Crippen molar-refractivity contribution in [2.45, 2.75) is 25.6 Å². The first-order chi connectivity index (χ1) is 16.0. The monoisotopic (exact) mass is 448 g/mol. The average molecular weight is 449 g/mol. The van der Waals surface area contributed by atoms with Crippen LogP contribution < -0.4 is 10.1 Å². The SMILES string of the molecule is COCCN1C(=O)c2cc(-c3ccc(OC)cc3)nn2C[C@]1(C)C(=O)NCc1ccccc1. The molecule has 0 aliphatic carbocycles. The lowest BCUT2D eigenvalue weighted by molar-refractivity contribution is -0.133. The Labute approximate surface area is 193 Å². The minimum absolute atomic E-state index is 0.233. The first kappa shape index (κ1) is 22.5. The summed E-state index contributed by atoms with van der Waals surface area (Å²) in [5.74, 6) is 0.262. The minimum Gasteiger partial charge on any atom is -0.497 e. The molecule has 4 rings (SSSR count). The van der Waals surface area contributed by atoms with E-state index in [1.807, 2.05) is 54.6 Å². The standard InChI is InChI=1S/C25H28N4O4/c1-25(24(31)26-16-18-7-5-4-6-8-18)17-29-22(23(30)28(25)13-14-32-2)15-21(27-29)19-9-11-20(33-3)12-10-19/h4-12,15H,13-14,16-17H2,1-3H3,(H,26,31)/t25-/m1/s1. The lowest BCUT2D eigenvalue weighted by Crippen LogP contribution is -2.64. The molecular formula is C25H28N4O4. The number of amides is 2. The van der Waals surface area contributed by atoms with Crippen molar-refractivity contribution in [1.29, 1.82) is 0 Å². The molecule has 1 aliphatic rings. The Balaban J connectivity index is 1.63. The van der Waals surface area contributed by atoms with Crippen LogP contribution in [-0.4, -0.2) is 59.4 Å². The van der Waals surface area contributed by atoms with Crippen molar-refractivity contribution in [3.05, 3.63) is 71.9 Å². The van der Waals surface area contributed by atoms with E-state index in [0.717, 1.165) is 16.9 Å². The number of nitrogens with one attached hydrogen (secondary N) is 1. The Kier molecular flexibility index (Phi) is 6.46. The molecule has 8 heteroatoms. The lowest BCUT2D eigenvalue weighted by Gasteiger charge is -2.43. The van der Waals surface area contributed by atoms with E-state index in [1.54, 1.807) is 36.8 Å². The zero-order chi connectivity index (χ0) is 23.4. The van der Waals surface area contributed by atoms with Crippen LogP contribution in [0.2, 0.25) is 0 Å². The molecule has 33 heavy (non-hydrogen) atoms. The summed E-state index contributed by atoms with van der Waals surface area (Å²) >= 11 is 0. The van der Waals surface area contributed by atoms with E-state index in [0.29, 0.717) is 31.1 Å². The van der Waals surface area contributed by atoms with E-state index in [9.17, 15) is 9.59 Å². The molecule has 0 radical (unpaired) electrons. The van der Waals surface area contributed by atoms with Crippen molar-refractivity contribution in [2.75, 3.05) is 27.4 Å². The molecule has 1 aliphatic heterocycles. The van der Waals surface area contributed by atoms with Crippen LogP contribution in [0.3, 0.4) is 0 Å². The normalized spacial score (nSPS) is 17.5. The molecule has 3 aromatic rings. The second kappa shape index (κ2) is 9.46. The van der Waals surface area contributed by atoms with Gasteiger partial charge in [0.15, 0.2) is 0 Å². The lowest BCUT2D eigenvalue weighted by atomic mass is 9.94. The minimum atomic E-state index is -1.11. The molecule has 0 bridgehead atoms. The zero-order valence-electron chi connectivity index (χ0n) is 19.1. The number of carbonyl (C=O) groups excluding carboxylic acids is 2. The molecule has 2 aromatic carbocycles. The molecule has 1 atom stereocenters. The van der Waals surface area contributed by atoms with Gasteiger partial charge in [-0.15, -0.1) is 0 Å². The molecule has 0 saturated carbocycles. The molecular weight excluding hydrogens is 420 g/mol. The number of hydrogen-bond acceptors (Lipinski definition) is 5. The Morgan fingerprint density at radius 1 is 1.12 bits per heavy atom. The van der Waals surface area contributed by atoms with Crippen LogP contribution >= 0.6 is 0 Å². The highest BCUT2D eigenvalue weighted by Gasteiger charge is 2.47. The van der Waals surface area contributed by atoms with Gasteiger partial charge in [-0.1, -0.05) is 30.3 Å². The predicted octanol–water partition coefficient (Wildman–Crippen LogP) is 2.74. The third kappa shape index (κ3) is 4.47. The molecule has 1 aromatic heterocycles. The molecule has 0 unspecified atom stereocenters. The highest BCUT2D eigenvalue weighted by molar-refractivity contribution is 6.00. The third-order valence-electron chi connectivity index (χ3n) is 5.99. The van der Waals surface area contributed by atoms with Crippen molar-refractivity contribution < 1.29 is 19.1 Å². The van der Waals surface area contributed by atoms with Crippen LogP contribution in [0.25, 0.3) is 11.3 Å². The third-order valence-corrected chi connectivity index (χ3v) is 5.99. The van der Waals surface area contributed by atoms with Crippen molar-refractivity contribution in [2.24, 2.45) is 0 Å². The van der Waals surface area contributed by atoms with Crippen molar-refractivity contribution in [3.8, 4) is 17.0 Å². The van der Waals surface area contributed by atoms with Crippen molar-refractivity contribution in [1.82, 2.24) is 20.0 Å². The number of hydrogen-bond donors (Lipinski definition) is 1. The van der Waals surface area contributed by atoms with E-state index in [2.05, 4.69) is 10.4 Å². The van der Waals surface area contributed by atoms with Gasteiger partial charge in [-0.2, -0.15) is 5.10 Å². The number of nitrogens with zero attached hydrogens (tertiary/aromatic N) is 3. The number of benzene rings is 2. The Morgan fingerprint density at radius 3 is 2.52 bits per heavy atom. The summed E-state index contributed by atoms with van der Waals surface area (Å²) in [6.07, 6.45) is 0. The number of methoxy groups -OCH3 is 2. The Bertz CT molecular complexity index is 1130. The van der Waals surface area contributed by atoms with Crippen LogP contribution in [0.15, 0.2) is 60.7 Å². The van der Waals surface area contributed by atoms with Crippen molar-refractivity contribution in [3.63, 3.8) is 0 Å². The summed E-state index contributed by atoms with van der Waals surface area (Å²) in [4.78, 5) is 28.4. The largest absolute Gasteiger partial charge is 0.497 e. The molecule has 0 fully saturated rings. The van der Waals surface area contributed by atoms with E-state index in [4.69, 9.17) is 9.47 Å². The summed E-state index contributed by atoms with van der Waals surface area (Å²) in [6.45, 7) is 3.03. The van der Waals surface area contributed by atoms with Gasteiger partial charge in [0.1, 0.15) is 17.0 Å². The van der Waals surface area contributed by atoms with Crippen molar-refractivity contribution >= 4 is 11.8 Å². The number of ether oxygens (including phenoxy) is 2. The predicted molar refractivity (Wildman–Crippen MR) is 124 cm³/mol. The van der Waals surface area contributed by atoms with E-state index >= 15 is 0 Å². The summed E-state index contributed by atoms with van der Waals surface area (Å²) < 4.78 is 12.1. The van der Waals surface area contributed by atoms with Crippen LogP contribution in [0.4, 0.5) is 0 Å². The maximum absolute atomic E-state index is 13.5. The average Bonchev–Trinajstić information content (AvgIpc) is 3.27. The van der Waals surface area contributed by atoms with Gasteiger partial charge < -0.3 is 19.7 Å². The Morgan fingerprint density at radius 2 is 1.85 bits per heavy atom. The van der Waals surface area contributed by atoms with Gasteiger partial charge in [-0.3, -0.25) is 14.3 Å². The molecule has 0 saturated heterocycles. The highest BCUT2D eigenvalue weighted by atomic mass is 16.5. The van der Waals surface area contributed by atoms with E-state index in [-0.39, 0.29) is 18.4 Å². The number of fused-ring (bicyclic) bond motifs is 1. The first-order valence-electron chi connectivity index (χ1n) is 10.8. The molecule has 172 valence electrons. The van der Waals surface area contributed by atoms with Gasteiger partial charge in [0.05, 0.1) is 26.0 Å². The fourth-order valence-corrected chi connectivity index (χ4v) is 4.05. The quantitative estimate of drug-likeness (QED) is 0.573. The summed E-state index contributed by atoms with van der Waals surface area (Å²) in [5.41, 5.74) is 1.86. The van der Waals surface area contributed by atoms with E-state index in [1.165, 1.54) is 0 Å². The molecule has 0 spiro atoms. The number of carbonyl (C=O) groups is 2. The van der Waals surface area contributed by atoms with Crippen LogP contribution in [-0.2, 0) is 22.6 Å². The number of rotatable bonds is 8. The van der Waals surface area contributed by atoms with Crippen LogP contribution in [0.1, 0.15) is 23.0 Å². The van der Waals surface area contributed by atoms with Gasteiger partial charge in [0.2, 0.25) is 5.91 Å². The molecule has 8 nitrogen and oxygen atoms in total. The molecule has 2 heterocycles. The van der Waals surface area contributed by atoms with Gasteiger partial charge in [0.25, 0.3) is 5.91 Å². The maximum Gasteiger partial charge on any atom is 0.273 e. The second-order valence-electron chi connectivity index (χ2n) is 8.19. The summed E-state index contributed by atoms with van der Waals surface area (Å²) in [7, 11) is 3.19. The van der Waals surface area contributed by atoms with Gasteiger partial charge >= 0.3 is 0 Å². The molecule has 2 amide bonds. The second-order valence-corrected chi connectivity index (χ2v) is 8.19. The fourth-order valence-electron chi connectivity index (χ4n) is 4.05. The van der Waals surface area contributed by atoms with Gasteiger partial charge in [0, 0.05) is 25.8 Å². The fraction of sp³-hybridized carbons (Fsp3) is 0.320. The maximum atomic E-state index is 13.5. The summed E-state index contributed by atoms with van der Waals surface area (Å²) in [5, 5.41) is 7.64. The smallest absolute Gasteiger partial charge is 0.273 e. The first-order valence-corrected chi connectivity index (χ1v) is 10.8. The topological polar surface area (TPSA) is 85.7 Å². The molecule has 1 N–H and O–H groups in total. The van der Waals surface area contributed by atoms with Gasteiger partial charge in [-0.05, 0) is 42.8 Å². The van der Waals surface area contributed by atoms with Crippen LogP contribution in [0.5, 0.6) is 5.75 Å². The van der Waals surface area contributed by atoms with E-state index < -0.39 is 5.54 Å². The van der Waals surface area contributed by atoms with Gasteiger partial charge in [-0.25, -0.2) is 0 Å². The highest BCUT2D eigenvalue weighted by Crippen LogP contribution is 2.30.